The number of benzene rings is 3. The first-order valence-corrected chi connectivity index (χ1v) is 11.4. The third-order valence-corrected chi connectivity index (χ3v) is 5.72. The number of para-hydroxylation sites is 2. The third kappa shape index (κ3) is 5.73. The lowest BCUT2D eigenvalue weighted by Crippen LogP contribution is -2.34. The molecule has 0 saturated heterocycles. The smallest absolute Gasteiger partial charge is 0.246 e. The summed E-state index contributed by atoms with van der Waals surface area (Å²) in [7, 11) is 1.61. The molecule has 0 atom stereocenters. The number of hydrogen-bond donors (Lipinski definition) is 1. The van der Waals surface area contributed by atoms with Crippen LogP contribution in [0, 0.1) is 13.8 Å². The first-order valence-electron chi connectivity index (χ1n) is 11.4. The molecule has 0 fully saturated rings. The minimum absolute atomic E-state index is 0.0498. The van der Waals surface area contributed by atoms with E-state index in [0.29, 0.717) is 0 Å². The second-order valence-corrected chi connectivity index (χ2v) is 8.42. The Morgan fingerprint density at radius 3 is 2.20 bits per heavy atom. The standard InChI is InChI=1S/C29H28N4O2/c1-21-11-10-12-22(2)28(21)30-26(34)20-32(3)27(35)18-17-24-19-33(25-15-8-5-9-16-25)31-29(24)23-13-6-4-7-14-23/h4-19H,20H2,1-3H3,(H,30,34)/b18-17+. The van der Waals surface area contributed by atoms with E-state index in [0.717, 1.165) is 39.3 Å². The lowest BCUT2D eigenvalue weighted by molar-refractivity contribution is -0.129. The molecule has 0 saturated carbocycles. The van der Waals surface area contributed by atoms with E-state index in [1.807, 2.05) is 98.9 Å². The van der Waals surface area contributed by atoms with Crippen molar-refractivity contribution in [2.45, 2.75) is 13.8 Å². The van der Waals surface area contributed by atoms with Gasteiger partial charge in [0.05, 0.1) is 17.9 Å². The van der Waals surface area contributed by atoms with Crippen molar-refractivity contribution in [2.24, 2.45) is 0 Å². The van der Waals surface area contributed by atoms with Gasteiger partial charge in [0.2, 0.25) is 11.8 Å². The van der Waals surface area contributed by atoms with E-state index >= 15 is 0 Å². The van der Waals surface area contributed by atoms with Crippen LogP contribution < -0.4 is 5.32 Å². The van der Waals surface area contributed by atoms with E-state index in [2.05, 4.69) is 5.32 Å². The van der Waals surface area contributed by atoms with Crippen molar-refractivity contribution >= 4 is 23.6 Å². The number of nitrogens with one attached hydrogen (secondary N) is 1. The summed E-state index contributed by atoms with van der Waals surface area (Å²) in [4.78, 5) is 26.7. The lowest BCUT2D eigenvalue weighted by Gasteiger charge is -2.16. The zero-order valence-electron chi connectivity index (χ0n) is 20.1. The van der Waals surface area contributed by atoms with Gasteiger partial charge in [0.1, 0.15) is 0 Å². The van der Waals surface area contributed by atoms with Gasteiger partial charge in [0, 0.05) is 36.1 Å². The first kappa shape index (κ1) is 23.7. The minimum atomic E-state index is -0.270. The number of amides is 2. The molecule has 2 amide bonds. The Labute approximate surface area is 205 Å². The van der Waals surface area contributed by atoms with Crippen LogP contribution in [0.2, 0.25) is 0 Å². The number of carbonyl (C=O) groups excluding carboxylic acids is 2. The summed E-state index contributed by atoms with van der Waals surface area (Å²) in [6.45, 7) is 3.84. The van der Waals surface area contributed by atoms with E-state index in [1.54, 1.807) is 17.8 Å². The fourth-order valence-corrected chi connectivity index (χ4v) is 3.81. The van der Waals surface area contributed by atoms with Crippen LogP contribution >= 0.6 is 0 Å². The van der Waals surface area contributed by atoms with Gasteiger partial charge in [0.25, 0.3) is 0 Å². The maximum absolute atomic E-state index is 12.8. The zero-order chi connectivity index (χ0) is 24.8. The maximum Gasteiger partial charge on any atom is 0.246 e. The first-order chi connectivity index (χ1) is 16.9. The van der Waals surface area contributed by atoms with E-state index in [4.69, 9.17) is 5.10 Å². The van der Waals surface area contributed by atoms with Crippen LogP contribution in [0.5, 0.6) is 0 Å². The summed E-state index contributed by atoms with van der Waals surface area (Å²) < 4.78 is 1.80. The van der Waals surface area contributed by atoms with Crippen molar-refractivity contribution in [1.82, 2.24) is 14.7 Å². The van der Waals surface area contributed by atoms with Crippen LogP contribution in [0.4, 0.5) is 5.69 Å². The summed E-state index contributed by atoms with van der Waals surface area (Å²) in [5.74, 6) is -0.512. The van der Waals surface area contributed by atoms with Gasteiger partial charge in [-0.15, -0.1) is 0 Å². The van der Waals surface area contributed by atoms with Crippen molar-refractivity contribution in [1.29, 1.82) is 0 Å². The van der Waals surface area contributed by atoms with E-state index in [-0.39, 0.29) is 18.4 Å². The van der Waals surface area contributed by atoms with Crippen LogP contribution in [-0.4, -0.2) is 40.1 Å². The molecule has 0 spiro atoms. The maximum atomic E-state index is 12.8. The Balaban J connectivity index is 1.51. The Hall–Kier alpha value is -4.45. The van der Waals surface area contributed by atoms with E-state index in [9.17, 15) is 9.59 Å². The van der Waals surface area contributed by atoms with Crippen molar-refractivity contribution in [2.75, 3.05) is 18.9 Å². The van der Waals surface area contributed by atoms with Gasteiger partial charge < -0.3 is 10.2 Å². The fraction of sp³-hybridized carbons (Fsp3) is 0.138. The summed E-state index contributed by atoms with van der Waals surface area (Å²) in [6, 6.07) is 25.5. The van der Waals surface area contributed by atoms with Gasteiger partial charge in [-0.2, -0.15) is 5.10 Å². The molecule has 1 aromatic heterocycles. The molecule has 1 N–H and O–H groups in total. The molecule has 0 unspecified atom stereocenters. The largest absolute Gasteiger partial charge is 0.333 e. The predicted octanol–water partition coefficient (Wildman–Crippen LogP) is 5.27. The molecule has 6 heteroatoms. The van der Waals surface area contributed by atoms with Gasteiger partial charge >= 0.3 is 0 Å². The topological polar surface area (TPSA) is 67.2 Å². The quantitative estimate of drug-likeness (QED) is 0.379. The van der Waals surface area contributed by atoms with Crippen molar-refractivity contribution in [3.05, 3.63) is 108 Å². The number of aryl methyl sites for hydroxylation is 2. The molecule has 176 valence electrons. The van der Waals surface area contributed by atoms with Crippen LogP contribution in [0.3, 0.4) is 0 Å². The highest BCUT2D eigenvalue weighted by atomic mass is 16.2. The average Bonchev–Trinajstić information content (AvgIpc) is 3.30. The fourth-order valence-electron chi connectivity index (χ4n) is 3.81. The number of anilines is 1. The SMILES string of the molecule is Cc1cccc(C)c1NC(=O)CN(C)C(=O)/C=C/c1cn(-c2ccccc2)nc1-c1ccccc1. The molecule has 4 aromatic rings. The molecule has 6 nitrogen and oxygen atoms in total. The highest BCUT2D eigenvalue weighted by Crippen LogP contribution is 2.25. The van der Waals surface area contributed by atoms with Crippen molar-refractivity contribution < 1.29 is 9.59 Å². The molecular weight excluding hydrogens is 436 g/mol. The molecule has 0 aliphatic rings. The Morgan fingerprint density at radius 2 is 1.54 bits per heavy atom. The Bertz CT molecular complexity index is 1340. The van der Waals surface area contributed by atoms with Crippen LogP contribution in [0.15, 0.2) is 91.1 Å². The third-order valence-electron chi connectivity index (χ3n) is 5.72. The molecule has 35 heavy (non-hydrogen) atoms. The predicted molar refractivity (Wildman–Crippen MR) is 140 cm³/mol. The molecule has 0 radical (unpaired) electrons. The Morgan fingerprint density at radius 1 is 0.914 bits per heavy atom. The zero-order valence-corrected chi connectivity index (χ0v) is 20.1. The van der Waals surface area contributed by atoms with Crippen LogP contribution in [0.1, 0.15) is 16.7 Å². The summed E-state index contributed by atoms with van der Waals surface area (Å²) >= 11 is 0. The molecule has 0 bridgehead atoms. The van der Waals surface area contributed by atoms with E-state index < -0.39 is 0 Å². The number of likely N-dealkylation sites (N-methyl/N-ethyl adjacent to an activating group) is 1. The van der Waals surface area contributed by atoms with Gasteiger partial charge in [-0.1, -0.05) is 66.7 Å². The summed E-state index contributed by atoms with van der Waals surface area (Å²) in [5, 5.41) is 7.68. The van der Waals surface area contributed by atoms with E-state index in [1.165, 1.54) is 11.0 Å². The number of aromatic nitrogens is 2. The molecule has 1 heterocycles. The highest BCUT2D eigenvalue weighted by Gasteiger charge is 2.14. The number of rotatable bonds is 7. The molecule has 0 aliphatic carbocycles. The average molecular weight is 465 g/mol. The monoisotopic (exact) mass is 464 g/mol. The molecule has 4 rings (SSSR count). The van der Waals surface area contributed by atoms with Crippen molar-refractivity contribution in [3.8, 4) is 16.9 Å². The van der Waals surface area contributed by atoms with Gasteiger partial charge in [-0.25, -0.2) is 4.68 Å². The second kappa shape index (κ2) is 10.7. The summed E-state index contributed by atoms with van der Waals surface area (Å²) in [5.41, 5.74) is 6.21. The number of nitrogens with zero attached hydrogens (tertiary/aromatic N) is 3. The summed E-state index contributed by atoms with van der Waals surface area (Å²) in [6.07, 6.45) is 5.12. The molecule has 3 aromatic carbocycles. The normalized spacial score (nSPS) is 10.9. The molecule has 0 aliphatic heterocycles. The van der Waals surface area contributed by atoms with Gasteiger partial charge in [0.15, 0.2) is 0 Å². The van der Waals surface area contributed by atoms with Crippen molar-refractivity contribution in [3.63, 3.8) is 0 Å². The Kier molecular flexibility index (Phi) is 7.21. The number of carbonyl (C=O) groups is 2. The van der Waals surface area contributed by atoms with Gasteiger partial charge in [-0.05, 0) is 43.2 Å². The highest BCUT2D eigenvalue weighted by molar-refractivity contribution is 5.99. The van der Waals surface area contributed by atoms with Crippen LogP contribution in [0.25, 0.3) is 23.0 Å². The molecular formula is C29H28N4O2. The van der Waals surface area contributed by atoms with Crippen LogP contribution in [-0.2, 0) is 9.59 Å². The number of hydrogen-bond acceptors (Lipinski definition) is 3. The minimum Gasteiger partial charge on any atom is -0.333 e. The lowest BCUT2D eigenvalue weighted by atomic mass is 10.1. The van der Waals surface area contributed by atoms with Gasteiger partial charge in [-0.3, -0.25) is 9.59 Å². The second-order valence-electron chi connectivity index (χ2n) is 8.42.